The normalized spacial score (nSPS) is 11.7. The number of hydrogen-bond donors (Lipinski definition) is 2. The van der Waals surface area contributed by atoms with Crippen LogP contribution in [0.4, 0.5) is 17.4 Å². The molecule has 0 saturated heterocycles. The minimum Gasteiger partial charge on any atom is -0.340 e. The molecule has 0 bridgehead atoms. The van der Waals surface area contributed by atoms with Crippen molar-refractivity contribution in [1.29, 1.82) is 0 Å². The Kier molecular flexibility index (Phi) is 6.54. The number of sulfonamides is 1. The summed E-state index contributed by atoms with van der Waals surface area (Å²) in [6.07, 6.45) is 2.41. The lowest BCUT2D eigenvalue weighted by Crippen LogP contribution is -2.13. The Balaban J connectivity index is 1.47. The highest BCUT2D eigenvalue weighted by Gasteiger charge is 2.20. The minimum absolute atomic E-state index is 0.105. The molecule has 5 rings (SSSR count). The molecule has 0 atom stereocenters. The van der Waals surface area contributed by atoms with Crippen LogP contribution in [0.25, 0.3) is 21.3 Å². The lowest BCUT2D eigenvalue weighted by atomic mass is 10.0. The van der Waals surface area contributed by atoms with Gasteiger partial charge in [-0.1, -0.05) is 40.1 Å². The molecule has 11 heteroatoms. The van der Waals surface area contributed by atoms with E-state index in [2.05, 4.69) is 60.1 Å². The zero-order chi connectivity index (χ0) is 25.4. The van der Waals surface area contributed by atoms with Crippen molar-refractivity contribution < 1.29 is 12.9 Å². The van der Waals surface area contributed by atoms with Gasteiger partial charge in [0, 0.05) is 26.2 Å². The second-order valence-corrected chi connectivity index (χ2v) is 11.8. The number of halogens is 1. The third kappa shape index (κ3) is 4.61. The number of nitrogens with zero attached hydrogens (tertiary/aromatic N) is 3. The summed E-state index contributed by atoms with van der Waals surface area (Å²) in [7, 11) is -3.83. The number of rotatable bonds is 7. The van der Waals surface area contributed by atoms with Crippen molar-refractivity contribution >= 4 is 64.9 Å². The van der Waals surface area contributed by atoms with Crippen LogP contribution in [0, 0.1) is 13.8 Å². The highest BCUT2D eigenvalue weighted by molar-refractivity contribution is 9.10. The molecule has 5 aromatic rings. The number of anilines is 3. The quantitative estimate of drug-likeness (QED) is 0.216. The van der Waals surface area contributed by atoms with Gasteiger partial charge in [-0.25, -0.2) is 23.1 Å². The first kappa shape index (κ1) is 24.4. The zero-order valence-corrected chi connectivity index (χ0v) is 22.9. The SMILES string of the molecule is CCc1sc2ncnc(Nc3ccc(S(=O)(=O)Nc4onc(C)c4C)cc3)c2c1-c1ccc(Br)cc1. The number of hydrogen-bond acceptors (Lipinski definition) is 8. The van der Waals surface area contributed by atoms with Gasteiger partial charge in [0.25, 0.3) is 10.0 Å². The molecule has 0 spiro atoms. The van der Waals surface area contributed by atoms with Gasteiger partial charge in [0.15, 0.2) is 0 Å². The smallest absolute Gasteiger partial charge is 0.264 e. The number of benzene rings is 2. The molecule has 0 aliphatic heterocycles. The molecule has 2 N–H and O–H groups in total. The van der Waals surface area contributed by atoms with E-state index < -0.39 is 10.0 Å². The maximum absolute atomic E-state index is 12.8. The van der Waals surface area contributed by atoms with Crippen LogP contribution in [0.5, 0.6) is 0 Å². The first-order valence-corrected chi connectivity index (χ1v) is 14.2. The van der Waals surface area contributed by atoms with Gasteiger partial charge in [0.05, 0.1) is 16.0 Å². The molecule has 3 aromatic heterocycles. The molecular formula is C25H22BrN5O3S2. The number of aromatic nitrogens is 3. The Morgan fingerprint density at radius 1 is 1.03 bits per heavy atom. The van der Waals surface area contributed by atoms with Crippen molar-refractivity contribution in [3.8, 4) is 11.1 Å². The van der Waals surface area contributed by atoms with Crippen LogP contribution in [-0.2, 0) is 16.4 Å². The van der Waals surface area contributed by atoms with Gasteiger partial charge in [-0.2, -0.15) is 0 Å². The molecule has 0 unspecified atom stereocenters. The monoisotopic (exact) mass is 583 g/mol. The molecule has 0 aliphatic carbocycles. The van der Waals surface area contributed by atoms with Gasteiger partial charge < -0.3 is 9.84 Å². The predicted molar refractivity (Wildman–Crippen MR) is 146 cm³/mol. The molecule has 8 nitrogen and oxygen atoms in total. The van der Waals surface area contributed by atoms with Crippen molar-refractivity contribution in [3.63, 3.8) is 0 Å². The van der Waals surface area contributed by atoms with Crippen LogP contribution in [0.2, 0.25) is 0 Å². The second kappa shape index (κ2) is 9.64. The molecule has 0 radical (unpaired) electrons. The van der Waals surface area contributed by atoms with Crippen molar-refractivity contribution in [3.05, 3.63) is 75.5 Å². The first-order valence-electron chi connectivity index (χ1n) is 11.1. The van der Waals surface area contributed by atoms with Crippen molar-refractivity contribution in [2.24, 2.45) is 0 Å². The third-order valence-corrected chi connectivity index (χ3v) is 8.94. The largest absolute Gasteiger partial charge is 0.340 e. The minimum atomic E-state index is -3.83. The van der Waals surface area contributed by atoms with E-state index in [0.29, 0.717) is 22.8 Å². The van der Waals surface area contributed by atoms with E-state index in [0.717, 1.165) is 32.2 Å². The maximum Gasteiger partial charge on any atom is 0.264 e. The van der Waals surface area contributed by atoms with E-state index in [4.69, 9.17) is 4.52 Å². The number of fused-ring (bicyclic) bond motifs is 1. The Hall–Kier alpha value is -3.28. The summed E-state index contributed by atoms with van der Waals surface area (Å²) < 4.78 is 34.2. The number of thiophene rings is 1. The van der Waals surface area contributed by atoms with Gasteiger partial charge in [0.1, 0.15) is 17.0 Å². The molecule has 0 aliphatic rings. The van der Waals surface area contributed by atoms with E-state index in [1.165, 1.54) is 23.3 Å². The van der Waals surface area contributed by atoms with E-state index in [1.807, 2.05) is 12.1 Å². The van der Waals surface area contributed by atoms with Crippen LogP contribution in [0.1, 0.15) is 23.1 Å². The molecule has 0 saturated carbocycles. The first-order chi connectivity index (χ1) is 17.3. The fraction of sp³-hybridized carbons (Fsp3) is 0.160. The summed E-state index contributed by atoms with van der Waals surface area (Å²) in [5, 5.41) is 8.09. The Labute approximate surface area is 221 Å². The van der Waals surface area contributed by atoms with Crippen LogP contribution < -0.4 is 10.0 Å². The van der Waals surface area contributed by atoms with Crippen molar-refractivity contribution in [2.75, 3.05) is 10.0 Å². The average molecular weight is 585 g/mol. The maximum atomic E-state index is 12.8. The highest BCUT2D eigenvalue weighted by Crippen LogP contribution is 2.42. The number of aryl methyl sites for hydroxylation is 2. The Morgan fingerprint density at radius 2 is 1.75 bits per heavy atom. The van der Waals surface area contributed by atoms with Gasteiger partial charge in [-0.3, -0.25) is 0 Å². The van der Waals surface area contributed by atoms with E-state index in [9.17, 15) is 8.42 Å². The average Bonchev–Trinajstić information content (AvgIpc) is 3.40. The number of nitrogens with one attached hydrogen (secondary N) is 2. The van der Waals surface area contributed by atoms with E-state index in [-0.39, 0.29) is 10.8 Å². The van der Waals surface area contributed by atoms with Crippen LogP contribution in [0.15, 0.2) is 68.7 Å². The molecular weight excluding hydrogens is 562 g/mol. The van der Waals surface area contributed by atoms with Crippen LogP contribution in [0.3, 0.4) is 0 Å². The Morgan fingerprint density at radius 3 is 2.39 bits per heavy atom. The summed E-state index contributed by atoms with van der Waals surface area (Å²) in [6.45, 7) is 5.62. The Bertz CT molecular complexity index is 1660. The van der Waals surface area contributed by atoms with Crippen LogP contribution in [-0.4, -0.2) is 23.5 Å². The fourth-order valence-electron chi connectivity index (χ4n) is 3.79. The molecule has 0 amide bonds. The lowest BCUT2D eigenvalue weighted by molar-refractivity contribution is 0.430. The molecule has 3 heterocycles. The highest BCUT2D eigenvalue weighted by atomic mass is 79.9. The second-order valence-electron chi connectivity index (χ2n) is 8.14. The molecule has 2 aromatic carbocycles. The molecule has 36 heavy (non-hydrogen) atoms. The van der Waals surface area contributed by atoms with Crippen molar-refractivity contribution in [2.45, 2.75) is 32.1 Å². The lowest BCUT2D eigenvalue weighted by Gasteiger charge is -2.11. The fourth-order valence-corrected chi connectivity index (χ4v) is 6.20. The van der Waals surface area contributed by atoms with Gasteiger partial charge in [-0.15, -0.1) is 11.3 Å². The zero-order valence-electron chi connectivity index (χ0n) is 19.7. The summed E-state index contributed by atoms with van der Waals surface area (Å²) >= 11 is 5.16. The van der Waals surface area contributed by atoms with Crippen molar-refractivity contribution in [1.82, 2.24) is 15.1 Å². The van der Waals surface area contributed by atoms with E-state index in [1.54, 1.807) is 37.3 Å². The summed E-state index contributed by atoms with van der Waals surface area (Å²) in [6, 6.07) is 14.7. The molecule has 0 fully saturated rings. The van der Waals surface area contributed by atoms with E-state index >= 15 is 0 Å². The topological polar surface area (TPSA) is 110 Å². The van der Waals surface area contributed by atoms with Crippen LogP contribution >= 0.6 is 27.3 Å². The predicted octanol–water partition coefficient (Wildman–Crippen LogP) is 6.83. The van der Waals surface area contributed by atoms with Gasteiger partial charge >= 0.3 is 0 Å². The standard InChI is InChI=1S/C25H22BrN5O3S2/c1-4-20-21(16-5-7-17(26)8-6-16)22-23(27-13-28-25(22)35-20)29-18-9-11-19(12-10-18)36(32,33)31-24-14(2)15(3)30-34-24/h5-13,31H,4H2,1-3H3,(H,27,28,29). The van der Waals surface area contributed by atoms with Gasteiger partial charge in [0.2, 0.25) is 5.88 Å². The summed E-state index contributed by atoms with van der Waals surface area (Å²) in [5.74, 6) is 0.776. The molecule has 184 valence electrons. The third-order valence-electron chi connectivity index (χ3n) is 5.83. The summed E-state index contributed by atoms with van der Waals surface area (Å²) in [5.41, 5.74) is 4.17. The van der Waals surface area contributed by atoms with Gasteiger partial charge in [-0.05, 0) is 62.2 Å². The summed E-state index contributed by atoms with van der Waals surface area (Å²) in [4.78, 5) is 11.2.